The first kappa shape index (κ1) is 23.9. The molecule has 10 heteroatoms. The van der Waals surface area contributed by atoms with E-state index in [9.17, 15) is 50.1 Å². The topological polar surface area (TPSA) is 193 Å². The lowest BCUT2D eigenvalue weighted by Crippen LogP contribution is -2.77. The molecule has 188 valence electrons. The standard InChI is InChI=1S/C25H28O10/c26-14-7-6-12(11-4-2-1-3-5-11)13-8-23(33)10-24(34)9-15(27)17(22(31)32)20(29)25(24,35)21(30)18(23)19(28)16(13)14/h6-7,11,18,21,26,29-30,33-35H,1-5,8-10H2,(H,31,32). The van der Waals surface area contributed by atoms with Crippen molar-refractivity contribution in [3.8, 4) is 5.75 Å². The predicted octanol–water partition coefficient (Wildman–Crippen LogP) is 0.622. The average Bonchev–Trinajstić information content (AvgIpc) is 2.76. The number of fused-ring (bicyclic) bond motifs is 3. The van der Waals surface area contributed by atoms with Crippen molar-refractivity contribution in [3.05, 3.63) is 40.2 Å². The molecule has 0 aromatic heterocycles. The summed E-state index contributed by atoms with van der Waals surface area (Å²) in [4.78, 5) is 37.7. The minimum atomic E-state index is -3.10. The van der Waals surface area contributed by atoms with Crippen LogP contribution < -0.4 is 0 Å². The normalized spacial score (nSPS) is 37.5. The van der Waals surface area contributed by atoms with Crippen LogP contribution in [0.4, 0.5) is 0 Å². The Labute approximate surface area is 200 Å². The van der Waals surface area contributed by atoms with Gasteiger partial charge in [0.25, 0.3) is 0 Å². The summed E-state index contributed by atoms with van der Waals surface area (Å²) in [7, 11) is 0. The fraction of sp³-hybridized carbons (Fsp3) is 0.560. The monoisotopic (exact) mass is 488 g/mol. The van der Waals surface area contributed by atoms with Crippen LogP contribution in [0.25, 0.3) is 0 Å². The van der Waals surface area contributed by atoms with E-state index in [0.717, 1.165) is 37.7 Å². The SMILES string of the molecule is O=C(O)C1=C(O)C2(O)C(O)C3C(=O)c4c(O)ccc(C5CCCCC5)c4CC3(O)CC2(O)CC1=O. The van der Waals surface area contributed by atoms with E-state index < -0.39 is 70.5 Å². The van der Waals surface area contributed by atoms with Gasteiger partial charge in [-0.2, -0.15) is 0 Å². The quantitative estimate of drug-likeness (QED) is 0.290. The zero-order valence-corrected chi connectivity index (χ0v) is 18.9. The molecule has 2 saturated carbocycles. The van der Waals surface area contributed by atoms with E-state index in [1.165, 1.54) is 6.07 Å². The van der Waals surface area contributed by atoms with Crippen molar-refractivity contribution in [1.29, 1.82) is 0 Å². The molecule has 0 saturated heterocycles. The van der Waals surface area contributed by atoms with Crippen LogP contribution in [0, 0.1) is 5.92 Å². The summed E-state index contributed by atoms with van der Waals surface area (Å²) in [5, 5.41) is 76.1. The van der Waals surface area contributed by atoms with E-state index in [1.807, 2.05) is 0 Å². The highest BCUT2D eigenvalue weighted by atomic mass is 16.4. The molecule has 0 aliphatic heterocycles. The van der Waals surface area contributed by atoms with Crippen molar-refractivity contribution in [2.24, 2.45) is 5.92 Å². The molecule has 5 rings (SSSR count). The Kier molecular flexibility index (Phi) is 5.20. The maximum atomic E-state index is 13.7. The van der Waals surface area contributed by atoms with Gasteiger partial charge in [-0.1, -0.05) is 25.3 Å². The van der Waals surface area contributed by atoms with Gasteiger partial charge in [-0.05, 0) is 36.0 Å². The summed E-state index contributed by atoms with van der Waals surface area (Å²) in [5.41, 5.74) is -8.00. The Morgan fingerprint density at radius 1 is 0.971 bits per heavy atom. The number of rotatable bonds is 2. The summed E-state index contributed by atoms with van der Waals surface area (Å²) in [6, 6.07) is 3.09. The Hall–Kier alpha value is -2.79. The number of Topliss-reactive ketones (excluding diaryl/α,β-unsaturated/α-hetero) is 2. The first-order valence-electron chi connectivity index (χ1n) is 11.8. The molecule has 0 radical (unpaired) electrons. The Morgan fingerprint density at radius 2 is 1.63 bits per heavy atom. The average molecular weight is 488 g/mol. The van der Waals surface area contributed by atoms with Gasteiger partial charge >= 0.3 is 5.97 Å². The molecule has 0 bridgehead atoms. The number of aliphatic hydroxyl groups is 5. The minimum absolute atomic E-state index is 0.0981. The lowest BCUT2D eigenvalue weighted by Gasteiger charge is -2.59. The van der Waals surface area contributed by atoms with E-state index in [1.54, 1.807) is 6.07 Å². The molecule has 10 nitrogen and oxygen atoms in total. The number of phenolic OH excluding ortho intramolecular Hbond substituents is 1. The smallest absolute Gasteiger partial charge is 0.342 e. The molecular weight excluding hydrogens is 460 g/mol. The van der Waals surface area contributed by atoms with Gasteiger partial charge in [0, 0.05) is 19.3 Å². The molecule has 7 N–H and O–H groups in total. The molecule has 4 aliphatic carbocycles. The number of benzene rings is 1. The largest absolute Gasteiger partial charge is 0.508 e. The number of aliphatic carboxylic acids is 1. The van der Waals surface area contributed by atoms with Crippen LogP contribution >= 0.6 is 0 Å². The Morgan fingerprint density at radius 3 is 2.26 bits per heavy atom. The van der Waals surface area contributed by atoms with Gasteiger partial charge in [0.05, 0.1) is 17.1 Å². The number of hydrogen-bond donors (Lipinski definition) is 7. The number of carboxylic acid groups (broad SMARTS) is 1. The molecule has 5 atom stereocenters. The molecule has 4 aliphatic rings. The van der Waals surface area contributed by atoms with Crippen molar-refractivity contribution in [2.45, 2.75) is 80.2 Å². The van der Waals surface area contributed by atoms with E-state index >= 15 is 0 Å². The number of carboxylic acids is 1. The van der Waals surface area contributed by atoms with Crippen LogP contribution in [-0.4, -0.2) is 76.2 Å². The van der Waals surface area contributed by atoms with E-state index in [4.69, 9.17) is 0 Å². The van der Waals surface area contributed by atoms with E-state index in [2.05, 4.69) is 0 Å². The van der Waals surface area contributed by atoms with Crippen LogP contribution in [0.1, 0.15) is 72.3 Å². The Balaban J connectivity index is 1.68. The molecular formula is C25H28O10. The second-order valence-corrected chi connectivity index (χ2v) is 10.5. The van der Waals surface area contributed by atoms with Crippen LogP contribution in [0.15, 0.2) is 23.5 Å². The van der Waals surface area contributed by atoms with Gasteiger partial charge in [0.15, 0.2) is 17.2 Å². The maximum absolute atomic E-state index is 13.7. The van der Waals surface area contributed by atoms with Gasteiger partial charge < -0.3 is 35.7 Å². The fourth-order valence-electron chi connectivity index (χ4n) is 6.95. The second-order valence-electron chi connectivity index (χ2n) is 10.5. The number of hydrogen-bond acceptors (Lipinski definition) is 9. The Bertz CT molecular complexity index is 1180. The highest BCUT2D eigenvalue weighted by Crippen LogP contribution is 2.57. The summed E-state index contributed by atoms with van der Waals surface area (Å²) in [5.74, 6) is -7.48. The molecule has 2 fully saturated rings. The van der Waals surface area contributed by atoms with Crippen molar-refractivity contribution < 1.29 is 50.1 Å². The lowest BCUT2D eigenvalue weighted by atomic mass is 9.51. The van der Waals surface area contributed by atoms with E-state index in [-0.39, 0.29) is 23.7 Å². The van der Waals surface area contributed by atoms with Crippen molar-refractivity contribution in [3.63, 3.8) is 0 Å². The first-order valence-corrected chi connectivity index (χ1v) is 11.8. The third kappa shape index (κ3) is 3.07. The maximum Gasteiger partial charge on any atom is 0.342 e. The van der Waals surface area contributed by atoms with Crippen molar-refractivity contribution in [2.75, 3.05) is 0 Å². The van der Waals surface area contributed by atoms with Crippen LogP contribution in [0.3, 0.4) is 0 Å². The minimum Gasteiger partial charge on any atom is -0.508 e. The van der Waals surface area contributed by atoms with Gasteiger partial charge in [0.2, 0.25) is 0 Å². The molecule has 1 aromatic rings. The highest BCUT2D eigenvalue weighted by Gasteiger charge is 2.73. The lowest BCUT2D eigenvalue weighted by molar-refractivity contribution is -0.273. The van der Waals surface area contributed by atoms with Crippen LogP contribution in [-0.2, 0) is 16.0 Å². The summed E-state index contributed by atoms with van der Waals surface area (Å²) >= 11 is 0. The van der Waals surface area contributed by atoms with Gasteiger partial charge in [-0.3, -0.25) is 9.59 Å². The first-order chi connectivity index (χ1) is 16.4. The van der Waals surface area contributed by atoms with Crippen LogP contribution in [0.2, 0.25) is 0 Å². The van der Waals surface area contributed by atoms with Gasteiger partial charge in [0.1, 0.15) is 28.8 Å². The third-order valence-electron chi connectivity index (χ3n) is 8.56. The van der Waals surface area contributed by atoms with Gasteiger partial charge in [-0.15, -0.1) is 0 Å². The fourth-order valence-corrected chi connectivity index (χ4v) is 6.95. The summed E-state index contributed by atoms with van der Waals surface area (Å²) in [6.45, 7) is 0. The van der Waals surface area contributed by atoms with Crippen molar-refractivity contribution in [1.82, 2.24) is 0 Å². The third-order valence-corrected chi connectivity index (χ3v) is 8.56. The predicted molar refractivity (Wildman–Crippen MR) is 118 cm³/mol. The zero-order chi connectivity index (χ0) is 25.5. The molecule has 35 heavy (non-hydrogen) atoms. The molecule has 1 aromatic carbocycles. The zero-order valence-electron chi connectivity index (χ0n) is 18.9. The number of ketones is 2. The number of aromatic hydroxyl groups is 1. The van der Waals surface area contributed by atoms with Crippen LogP contribution in [0.5, 0.6) is 5.75 Å². The molecule has 0 heterocycles. The molecule has 0 spiro atoms. The summed E-state index contributed by atoms with van der Waals surface area (Å²) < 4.78 is 0. The number of aliphatic hydroxyl groups excluding tert-OH is 2. The number of phenols is 1. The van der Waals surface area contributed by atoms with Crippen molar-refractivity contribution >= 4 is 17.5 Å². The second kappa shape index (κ2) is 7.60. The number of carbonyl (C=O) groups excluding carboxylic acids is 2. The summed E-state index contributed by atoms with van der Waals surface area (Å²) in [6.07, 6.45) is 0.409. The number of carbonyl (C=O) groups is 3. The van der Waals surface area contributed by atoms with Gasteiger partial charge in [-0.25, -0.2) is 4.79 Å². The van der Waals surface area contributed by atoms with E-state index in [0.29, 0.717) is 5.56 Å². The molecule has 0 amide bonds. The molecule has 5 unspecified atom stereocenters. The highest BCUT2D eigenvalue weighted by molar-refractivity contribution is 6.18.